The van der Waals surface area contributed by atoms with Crippen molar-refractivity contribution < 1.29 is 0 Å². The van der Waals surface area contributed by atoms with Gasteiger partial charge in [0.25, 0.3) is 0 Å². The third-order valence-corrected chi connectivity index (χ3v) is 2.31. The van der Waals surface area contributed by atoms with E-state index in [0.717, 1.165) is 12.1 Å². The van der Waals surface area contributed by atoms with Crippen molar-refractivity contribution in [2.24, 2.45) is 0 Å². The lowest BCUT2D eigenvalue weighted by Gasteiger charge is -2.22. The van der Waals surface area contributed by atoms with Gasteiger partial charge >= 0.3 is 0 Å². The van der Waals surface area contributed by atoms with Crippen molar-refractivity contribution in [3.63, 3.8) is 0 Å². The van der Waals surface area contributed by atoms with Gasteiger partial charge in [0.2, 0.25) is 0 Å². The number of rotatable bonds is 0. The van der Waals surface area contributed by atoms with E-state index >= 15 is 0 Å². The fourth-order valence-electron chi connectivity index (χ4n) is 1.60. The number of fused-ring (bicyclic) bond motifs is 3. The number of nitrogens with one attached hydrogen (secondary N) is 1. The van der Waals surface area contributed by atoms with Gasteiger partial charge in [0.15, 0.2) is 0 Å². The molecule has 0 radical (unpaired) electrons. The molecule has 2 aromatic rings. The molecule has 2 heterocycles. The Bertz CT molecular complexity index is 449. The smallest absolute Gasteiger partial charge is 0.0722 e. The first-order valence-corrected chi connectivity index (χ1v) is 4.05. The molecule has 1 aliphatic heterocycles. The molecule has 58 valence electrons. The third kappa shape index (κ3) is 0.619. The number of pyridine rings is 1. The van der Waals surface area contributed by atoms with E-state index in [9.17, 15) is 0 Å². The van der Waals surface area contributed by atoms with Gasteiger partial charge in [0, 0.05) is 23.7 Å². The van der Waals surface area contributed by atoms with Gasteiger partial charge in [-0.25, -0.2) is 0 Å². The van der Waals surface area contributed by atoms with Crippen LogP contribution in [0.3, 0.4) is 0 Å². The lowest BCUT2D eigenvalue weighted by atomic mass is 10.0. The molecule has 1 N–H and O–H groups in total. The number of aromatic nitrogens is 1. The average molecular weight is 156 g/mol. The standard InChI is InChI=1S/C10H8N2/c1-2-4-9-8(3-1)10-7(5-11-9)6-12-10/h1-5,12H,6H2. The van der Waals surface area contributed by atoms with E-state index < -0.39 is 0 Å². The Morgan fingerprint density at radius 1 is 1.25 bits per heavy atom. The first kappa shape index (κ1) is 6.00. The highest BCUT2D eigenvalue weighted by Crippen LogP contribution is 2.32. The molecule has 1 aromatic heterocycles. The predicted octanol–water partition coefficient (Wildman–Crippen LogP) is 2.16. The number of hydrogen-bond donors (Lipinski definition) is 1. The number of para-hydroxylation sites is 1. The highest BCUT2D eigenvalue weighted by atomic mass is 15.0. The molecule has 2 heteroatoms. The maximum atomic E-state index is 4.35. The molecule has 0 atom stereocenters. The Labute approximate surface area is 70.2 Å². The molecule has 0 bridgehead atoms. The normalized spacial score (nSPS) is 13.3. The zero-order valence-electron chi connectivity index (χ0n) is 6.54. The van der Waals surface area contributed by atoms with Crippen LogP contribution in [0.2, 0.25) is 0 Å². The molecule has 0 amide bonds. The first-order chi connectivity index (χ1) is 5.95. The van der Waals surface area contributed by atoms with Crippen LogP contribution >= 0.6 is 0 Å². The number of anilines is 1. The topological polar surface area (TPSA) is 24.9 Å². The molecule has 3 rings (SSSR count). The van der Waals surface area contributed by atoms with Crippen molar-refractivity contribution >= 4 is 16.6 Å². The Morgan fingerprint density at radius 3 is 3.00 bits per heavy atom. The van der Waals surface area contributed by atoms with Gasteiger partial charge in [-0.3, -0.25) is 4.98 Å². The molecule has 1 aromatic carbocycles. The Balaban J connectivity index is 2.49. The molecule has 2 nitrogen and oxygen atoms in total. The molecule has 0 fully saturated rings. The summed E-state index contributed by atoms with van der Waals surface area (Å²) in [7, 11) is 0. The van der Waals surface area contributed by atoms with Crippen molar-refractivity contribution in [2.75, 3.05) is 5.32 Å². The van der Waals surface area contributed by atoms with E-state index in [1.807, 2.05) is 24.4 Å². The quantitative estimate of drug-likeness (QED) is 0.632. The number of benzene rings is 1. The second-order valence-corrected chi connectivity index (χ2v) is 3.03. The summed E-state index contributed by atoms with van der Waals surface area (Å²) in [6.07, 6.45) is 1.95. The first-order valence-electron chi connectivity index (χ1n) is 4.05. The van der Waals surface area contributed by atoms with Crippen molar-refractivity contribution in [3.8, 4) is 0 Å². The summed E-state index contributed by atoms with van der Waals surface area (Å²) in [6, 6.07) is 8.20. The second kappa shape index (κ2) is 1.97. The van der Waals surface area contributed by atoms with Crippen molar-refractivity contribution in [1.82, 2.24) is 4.98 Å². The lowest BCUT2D eigenvalue weighted by molar-refractivity contribution is 1.04. The van der Waals surface area contributed by atoms with E-state index in [1.165, 1.54) is 16.6 Å². The van der Waals surface area contributed by atoms with Gasteiger partial charge in [-0.2, -0.15) is 0 Å². The third-order valence-electron chi connectivity index (χ3n) is 2.31. The minimum atomic E-state index is 0.965. The van der Waals surface area contributed by atoms with E-state index in [2.05, 4.69) is 16.4 Å². The SMILES string of the molecule is c1ccc2c3c(cnc2c1)CN3. The summed E-state index contributed by atoms with van der Waals surface area (Å²) >= 11 is 0. The average Bonchev–Trinajstić information content (AvgIpc) is 2.05. The van der Waals surface area contributed by atoms with Crippen LogP contribution in [0.25, 0.3) is 10.9 Å². The Morgan fingerprint density at radius 2 is 2.17 bits per heavy atom. The van der Waals surface area contributed by atoms with Gasteiger partial charge < -0.3 is 5.32 Å². The van der Waals surface area contributed by atoms with E-state index in [0.29, 0.717) is 0 Å². The van der Waals surface area contributed by atoms with Crippen LogP contribution in [0.1, 0.15) is 5.56 Å². The fraction of sp³-hybridized carbons (Fsp3) is 0.100. The molecule has 0 spiro atoms. The summed E-state index contributed by atoms with van der Waals surface area (Å²) in [6.45, 7) is 0.965. The highest BCUT2D eigenvalue weighted by molar-refractivity contribution is 5.94. The van der Waals surface area contributed by atoms with Gasteiger partial charge in [-0.15, -0.1) is 0 Å². The maximum Gasteiger partial charge on any atom is 0.0722 e. The van der Waals surface area contributed by atoms with Crippen LogP contribution in [-0.4, -0.2) is 4.98 Å². The molecular weight excluding hydrogens is 148 g/mol. The van der Waals surface area contributed by atoms with Crippen LogP contribution in [0.15, 0.2) is 30.5 Å². The van der Waals surface area contributed by atoms with Crippen molar-refractivity contribution in [3.05, 3.63) is 36.0 Å². The van der Waals surface area contributed by atoms with Gasteiger partial charge in [0.1, 0.15) is 0 Å². The maximum absolute atomic E-state index is 4.35. The van der Waals surface area contributed by atoms with Crippen LogP contribution < -0.4 is 5.32 Å². The van der Waals surface area contributed by atoms with Crippen LogP contribution in [-0.2, 0) is 6.54 Å². The molecule has 1 aliphatic rings. The number of hydrogen-bond acceptors (Lipinski definition) is 2. The van der Waals surface area contributed by atoms with Crippen LogP contribution in [0.5, 0.6) is 0 Å². The van der Waals surface area contributed by atoms with E-state index in [1.54, 1.807) is 0 Å². The van der Waals surface area contributed by atoms with Crippen molar-refractivity contribution in [1.29, 1.82) is 0 Å². The summed E-state index contributed by atoms with van der Waals surface area (Å²) in [5, 5.41) is 4.53. The molecule has 12 heavy (non-hydrogen) atoms. The Hall–Kier alpha value is -1.57. The highest BCUT2D eigenvalue weighted by Gasteiger charge is 2.14. The Kier molecular flexibility index (Phi) is 0.987. The minimum Gasteiger partial charge on any atom is -0.380 e. The molecule has 0 saturated carbocycles. The van der Waals surface area contributed by atoms with Crippen LogP contribution in [0, 0.1) is 0 Å². The van der Waals surface area contributed by atoms with E-state index in [-0.39, 0.29) is 0 Å². The number of nitrogens with zero attached hydrogens (tertiary/aromatic N) is 1. The van der Waals surface area contributed by atoms with Gasteiger partial charge in [-0.05, 0) is 6.07 Å². The molecule has 0 aliphatic carbocycles. The lowest BCUT2D eigenvalue weighted by Crippen LogP contribution is -2.14. The monoisotopic (exact) mass is 156 g/mol. The summed E-state index contributed by atoms with van der Waals surface area (Å²) in [5.41, 5.74) is 3.66. The molecule has 0 saturated heterocycles. The van der Waals surface area contributed by atoms with Crippen molar-refractivity contribution in [2.45, 2.75) is 6.54 Å². The largest absolute Gasteiger partial charge is 0.380 e. The molecule has 0 unspecified atom stereocenters. The molecular formula is C10H8N2. The summed E-state index contributed by atoms with van der Waals surface area (Å²) in [5.74, 6) is 0. The summed E-state index contributed by atoms with van der Waals surface area (Å²) in [4.78, 5) is 4.35. The van der Waals surface area contributed by atoms with Gasteiger partial charge in [-0.1, -0.05) is 18.2 Å². The van der Waals surface area contributed by atoms with Crippen LogP contribution in [0.4, 0.5) is 5.69 Å². The second-order valence-electron chi connectivity index (χ2n) is 3.03. The predicted molar refractivity (Wildman–Crippen MR) is 49.1 cm³/mol. The minimum absolute atomic E-state index is 0.965. The zero-order chi connectivity index (χ0) is 7.97. The fourth-order valence-corrected chi connectivity index (χ4v) is 1.60. The zero-order valence-corrected chi connectivity index (χ0v) is 6.54. The van der Waals surface area contributed by atoms with E-state index in [4.69, 9.17) is 0 Å². The summed E-state index contributed by atoms with van der Waals surface area (Å²) < 4.78 is 0. The van der Waals surface area contributed by atoms with Gasteiger partial charge in [0.05, 0.1) is 11.2 Å².